The fourth-order valence-corrected chi connectivity index (χ4v) is 4.84. The molecule has 0 atom stereocenters. The van der Waals surface area contributed by atoms with E-state index in [-0.39, 0.29) is 17.3 Å². The van der Waals surface area contributed by atoms with E-state index in [9.17, 15) is 9.18 Å². The van der Waals surface area contributed by atoms with Gasteiger partial charge in [0.05, 0.1) is 0 Å². The minimum absolute atomic E-state index is 0.0714. The smallest absolute Gasteiger partial charge is 0.220 e. The Morgan fingerprint density at radius 1 is 1.11 bits per heavy atom. The van der Waals surface area contributed by atoms with Crippen molar-refractivity contribution in [1.29, 1.82) is 0 Å². The van der Waals surface area contributed by atoms with Gasteiger partial charge in [-0.2, -0.15) is 0 Å². The van der Waals surface area contributed by atoms with Crippen LogP contribution in [0.2, 0.25) is 0 Å². The summed E-state index contributed by atoms with van der Waals surface area (Å²) in [5.41, 5.74) is 2.03. The van der Waals surface area contributed by atoms with E-state index in [1.165, 1.54) is 17.7 Å². The number of rotatable bonds is 9. The number of carbonyl (C=O) groups is 1. The zero-order valence-corrected chi connectivity index (χ0v) is 20.8. The van der Waals surface area contributed by atoms with Gasteiger partial charge in [0.2, 0.25) is 5.91 Å². The Kier molecular flexibility index (Phi) is 8.94. The molecule has 0 spiro atoms. The number of carbonyl (C=O) groups excluding carboxylic acids is 1. The summed E-state index contributed by atoms with van der Waals surface area (Å²) in [6.45, 7) is 7.63. The molecule has 6 heteroatoms. The Labute approximate surface area is 208 Å². The highest BCUT2D eigenvalue weighted by molar-refractivity contribution is 5.76. The Balaban J connectivity index is 1.13. The number of piperidine rings is 2. The fraction of sp³-hybridized carbons (Fsp3) is 0.483. The summed E-state index contributed by atoms with van der Waals surface area (Å²) in [5.74, 6) is 1.19. The predicted octanol–water partition coefficient (Wildman–Crippen LogP) is 4.78. The van der Waals surface area contributed by atoms with Crippen LogP contribution in [0.4, 0.5) is 4.39 Å². The van der Waals surface area contributed by atoms with Crippen LogP contribution in [0, 0.1) is 11.7 Å². The summed E-state index contributed by atoms with van der Waals surface area (Å²) in [4.78, 5) is 14.7. The van der Waals surface area contributed by atoms with E-state index in [0.29, 0.717) is 18.9 Å². The van der Waals surface area contributed by atoms with Crippen molar-refractivity contribution < 1.29 is 13.9 Å². The van der Waals surface area contributed by atoms with E-state index in [1.54, 1.807) is 12.1 Å². The largest absolute Gasteiger partial charge is 0.487 e. The number of nitrogens with zero attached hydrogens (tertiary/aromatic N) is 1. The van der Waals surface area contributed by atoms with Crippen LogP contribution in [0.5, 0.6) is 5.75 Å². The van der Waals surface area contributed by atoms with Gasteiger partial charge in [-0.1, -0.05) is 36.4 Å². The maximum Gasteiger partial charge on any atom is 0.220 e. The number of nitrogens with one attached hydrogen (secondary N) is 2. The molecular formula is C29H38FN3O2. The average molecular weight is 480 g/mol. The molecule has 0 bridgehead atoms. The highest BCUT2D eigenvalue weighted by Gasteiger charge is 2.28. The van der Waals surface area contributed by atoms with E-state index in [1.807, 2.05) is 0 Å². The van der Waals surface area contributed by atoms with Gasteiger partial charge in [-0.05, 0) is 100 Å². The fourth-order valence-electron chi connectivity index (χ4n) is 4.84. The summed E-state index contributed by atoms with van der Waals surface area (Å²) >= 11 is 0. The third-order valence-electron chi connectivity index (χ3n) is 7.16. The van der Waals surface area contributed by atoms with Gasteiger partial charge >= 0.3 is 0 Å². The summed E-state index contributed by atoms with van der Waals surface area (Å²) < 4.78 is 19.2. The monoisotopic (exact) mass is 479 g/mol. The van der Waals surface area contributed by atoms with Crippen LogP contribution in [-0.4, -0.2) is 49.1 Å². The van der Waals surface area contributed by atoms with E-state index in [0.717, 1.165) is 69.7 Å². The Morgan fingerprint density at radius 3 is 2.49 bits per heavy atom. The van der Waals surface area contributed by atoms with Crippen LogP contribution < -0.4 is 15.4 Å². The molecule has 2 aliphatic heterocycles. The molecule has 2 aromatic carbocycles. The Morgan fingerprint density at radius 2 is 1.80 bits per heavy atom. The van der Waals surface area contributed by atoms with Crippen molar-refractivity contribution in [2.24, 2.45) is 5.92 Å². The van der Waals surface area contributed by atoms with Crippen LogP contribution >= 0.6 is 0 Å². The van der Waals surface area contributed by atoms with Gasteiger partial charge in [0.15, 0.2) is 0 Å². The lowest BCUT2D eigenvalue weighted by Crippen LogP contribution is -2.43. The number of benzene rings is 2. The minimum Gasteiger partial charge on any atom is -0.487 e. The van der Waals surface area contributed by atoms with Gasteiger partial charge < -0.3 is 15.4 Å². The van der Waals surface area contributed by atoms with Crippen LogP contribution in [-0.2, 0) is 11.3 Å². The molecule has 2 aliphatic rings. The second kappa shape index (κ2) is 12.3. The maximum atomic E-state index is 13.0. The molecule has 4 rings (SSSR count). The van der Waals surface area contributed by atoms with Crippen LogP contribution in [0.3, 0.4) is 0 Å². The van der Waals surface area contributed by atoms with Crippen molar-refractivity contribution in [2.45, 2.75) is 51.2 Å². The van der Waals surface area contributed by atoms with Crippen LogP contribution in [0.25, 0.3) is 6.08 Å². The first-order valence-corrected chi connectivity index (χ1v) is 12.9. The highest BCUT2D eigenvalue weighted by atomic mass is 19.1. The first-order valence-electron chi connectivity index (χ1n) is 12.9. The highest BCUT2D eigenvalue weighted by Crippen LogP contribution is 2.26. The zero-order valence-electron chi connectivity index (χ0n) is 20.8. The van der Waals surface area contributed by atoms with Gasteiger partial charge in [0.1, 0.15) is 17.2 Å². The Hall–Kier alpha value is -2.70. The summed E-state index contributed by atoms with van der Waals surface area (Å²) in [6, 6.07) is 14.6. The lowest BCUT2D eigenvalue weighted by Gasteiger charge is -2.34. The third kappa shape index (κ3) is 8.18. The third-order valence-corrected chi connectivity index (χ3v) is 7.16. The second-order valence-corrected chi connectivity index (χ2v) is 10.1. The molecule has 2 heterocycles. The molecule has 2 aromatic rings. The van der Waals surface area contributed by atoms with Crippen molar-refractivity contribution in [3.8, 4) is 5.75 Å². The van der Waals surface area contributed by atoms with E-state index < -0.39 is 0 Å². The van der Waals surface area contributed by atoms with Crippen molar-refractivity contribution in [1.82, 2.24) is 15.5 Å². The van der Waals surface area contributed by atoms with Crippen molar-refractivity contribution >= 4 is 12.0 Å². The second-order valence-electron chi connectivity index (χ2n) is 10.1. The van der Waals surface area contributed by atoms with E-state index >= 15 is 0 Å². The number of halogens is 1. The van der Waals surface area contributed by atoms with Crippen molar-refractivity contribution in [2.75, 3.05) is 32.7 Å². The molecule has 0 radical (unpaired) electrons. The van der Waals surface area contributed by atoms with Gasteiger partial charge in [-0.15, -0.1) is 0 Å². The molecule has 5 nitrogen and oxygen atoms in total. The van der Waals surface area contributed by atoms with Crippen molar-refractivity contribution in [3.63, 3.8) is 0 Å². The van der Waals surface area contributed by atoms with Crippen LogP contribution in [0.15, 0.2) is 54.6 Å². The van der Waals surface area contributed by atoms with Gasteiger partial charge in [-0.25, -0.2) is 4.39 Å². The molecule has 1 amide bonds. The molecule has 0 saturated carbocycles. The maximum absolute atomic E-state index is 13.0. The summed E-state index contributed by atoms with van der Waals surface area (Å²) in [5, 5.41) is 6.35. The molecule has 0 aliphatic carbocycles. The number of amides is 1. The summed E-state index contributed by atoms with van der Waals surface area (Å²) in [7, 11) is 0. The quantitative estimate of drug-likeness (QED) is 0.544. The predicted molar refractivity (Wildman–Crippen MR) is 139 cm³/mol. The first kappa shape index (κ1) is 25.4. The zero-order chi connectivity index (χ0) is 24.5. The molecule has 2 fully saturated rings. The van der Waals surface area contributed by atoms with Crippen LogP contribution in [0.1, 0.15) is 50.2 Å². The van der Waals surface area contributed by atoms with Gasteiger partial charge in [0.25, 0.3) is 0 Å². The Bertz CT molecular complexity index is 960. The number of ether oxygens (including phenoxy) is 1. The molecular weight excluding hydrogens is 441 g/mol. The number of hydrogen-bond acceptors (Lipinski definition) is 4. The molecule has 0 unspecified atom stereocenters. The van der Waals surface area contributed by atoms with E-state index in [4.69, 9.17) is 4.74 Å². The van der Waals surface area contributed by atoms with Gasteiger partial charge in [0, 0.05) is 19.5 Å². The van der Waals surface area contributed by atoms with E-state index in [2.05, 4.69) is 58.9 Å². The van der Waals surface area contributed by atoms with Crippen molar-refractivity contribution in [3.05, 3.63) is 71.6 Å². The SMILES string of the molecule is CC1(Oc2ccc(/C=C/CN3CCC(CC(=O)NCc4ccc(F)cc4)CC3)cc2)CCNCC1. The molecule has 2 N–H and O–H groups in total. The lowest BCUT2D eigenvalue weighted by atomic mass is 9.93. The molecule has 2 saturated heterocycles. The normalized spacial score (nSPS) is 19.0. The molecule has 35 heavy (non-hydrogen) atoms. The minimum atomic E-state index is -0.258. The lowest BCUT2D eigenvalue weighted by molar-refractivity contribution is -0.122. The van der Waals surface area contributed by atoms with Gasteiger partial charge in [-0.3, -0.25) is 9.69 Å². The standard InChI is InChI=1S/C29H38FN3O2/c1-29(14-16-31-17-15-29)35-27-10-6-23(7-11-27)3-2-18-33-19-12-24(13-20-33)21-28(34)32-22-25-4-8-26(30)9-5-25/h2-11,24,31H,12-22H2,1H3,(H,32,34)/b3-2+. The molecule has 188 valence electrons. The molecule has 0 aromatic heterocycles. The average Bonchev–Trinajstić information content (AvgIpc) is 2.86. The number of likely N-dealkylation sites (tertiary alicyclic amines) is 1. The topological polar surface area (TPSA) is 53.6 Å². The first-order chi connectivity index (χ1) is 17.0. The summed E-state index contributed by atoms with van der Waals surface area (Å²) in [6.07, 6.45) is 9.11. The number of hydrogen-bond donors (Lipinski definition) is 2.